The Balaban J connectivity index is 1.33. The van der Waals surface area contributed by atoms with E-state index >= 15 is 0 Å². The summed E-state index contributed by atoms with van der Waals surface area (Å²) in [6, 6.07) is 17.5. The van der Waals surface area contributed by atoms with E-state index in [1.807, 2.05) is 59.5 Å². The zero-order valence-electron chi connectivity index (χ0n) is 14.8. The number of rotatable bonds is 5. The zero-order chi connectivity index (χ0) is 18.6. The molecule has 1 aliphatic rings. The predicted octanol–water partition coefficient (Wildman–Crippen LogP) is 4.34. The average Bonchev–Trinajstić information content (AvgIpc) is 3.37. The third-order valence-electron chi connectivity index (χ3n) is 4.93. The first-order valence-electron chi connectivity index (χ1n) is 9.10. The van der Waals surface area contributed by atoms with Crippen molar-refractivity contribution in [1.29, 1.82) is 0 Å². The topological polar surface area (TPSA) is 59.2 Å². The number of nitrogens with zero attached hydrogens (tertiary/aromatic N) is 3. The molecular formula is C21H20ClN3O2. The monoisotopic (exact) mass is 381 g/mol. The number of aryl methyl sites for hydroxylation is 1. The van der Waals surface area contributed by atoms with E-state index in [0.717, 1.165) is 29.1 Å². The molecule has 1 amide bonds. The summed E-state index contributed by atoms with van der Waals surface area (Å²) in [4.78, 5) is 14.5. The van der Waals surface area contributed by atoms with Gasteiger partial charge in [-0.15, -0.1) is 10.2 Å². The van der Waals surface area contributed by atoms with Crippen molar-refractivity contribution in [2.45, 2.75) is 25.2 Å². The van der Waals surface area contributed by atoms with Crippen molar-refractivity contribution >= 4 is 17.5 Å². The van der Waals surface area contributed by atoms with Crippen LogP contribution in [0.15, 0.2) is 59.0 Å². The lowest BCUT2D eigenvalue weighted by Crippen LogP contribution is -2.28. The average molecular weight is 382 g/mol. The Hall–Kier alpha value is -2.66. The highest BCUT2D eigenvalue weighted by molar-refractivity contribution is 6.31. The maximum absolute atomic E-state index is 12.6. The van der Waals surface area contributed by atoms with Gasteiger partial charge < -0.3 is 9.32 Å². The molecule has 1 fully saturated rings. The highest BCUT2D eigenvalue weighted by atomic mass is 35.5. The van der Waals surface area contributed by atoms with Gasteiger partial charge in [-0.05, 0) is 30.2 Å². The van der Waals surface area contributed by atoms with Gasteiger partial charge in [0.25, 0.3) is 0 Å². The standard InChI is InChI=1S/C21H20ClN3O2/c22-18-9-5-4-8-17(18)16-12-13-25(14-16)20(26)11-10-19-23-24-21(27-19)15-6-2-1-3-7-15/h1-9,16H,10-14H2. The summed E-state index contributed by atoms with van der Waals surface area (Å²) in [5, 5.41) is 8.90. The van der Waals surface area contributed by atoms with E-state index in [1.165, 1.54) is 0 Å². The van der Waals surface area contributed by atoms with Crippen LogP contribution < -0.4 is 0 Å². The molecule has 27 heavy (non-hydrogen) atoms. The van der Waals surface area contributed by atoms with E-state index in [9.17, 15) is 4.79 Å². The minimum Gasteiger partial charge on any atom is -0.421 e. The van der Waals surface area contributed by atoms with Crippen LogP contribution in [-0.4, -0.2) is 34.1 Å². The molecule has 3 aromatic rings. The van der Waals surface area contributed by atoms with Crippen molar-refractivity contribution in [3.8, 4) is 11.5 Å². The molecule has 2 heterocycles. The minimum atomic E-state index is 0.115. The molecule has 1 aromatic heterocycles. The fraction of sp³-hybridized carbons (Fsp3) is 0.286. The van der Waals surface area contributed by atoms with E-state index in [4.69, 9.17) is 16.0 Å². The molecule has 1 atom stereocenters. The number of carbonyl (C=O) groups excluding carboxylic acids is 1. The number of hydrogen-bond acceptors (Lipinski definition) is 4. The number of carbonyl (C=O) groups is 1. The van der Waals surface area contributed by atoms with Crippen molar-refractivity contribution < 1.29 is 9.21 Å². The van der Waals surface area contributed by atoms with Crippen LogP contribution in [0.5, 0.6) is 0 Å². The second kappa shape index (κ2) is 7.92. The molecule has 0 saturated carbocycles. The Morgan fingerprint density at radius 1 is 1.11 bits per heavy atom. The van der Waals surface area contributed by atoms with Crippen LogP contribution in [0.4, 0.5) is 0 Å². The molecule has 0 bridgehead atoms. The van der Waals surface area contributed by atoms with Gasteiger partial charge in [-0.1, -0.05) is 48.0 Å². The fourth-order valence-electron chi connectivity index (χ4n) is 3.47. The first-order valence-corrected chi connectivity index (χ1v) is 9.48. The quantitative estimate of drug-likeness (QED) is 0.659. The molecule has 0 aliphatic carbocycles. The number of halogens is 1. The summed E-state index contributed by atoms with van der Waals surface area (Å²) in [5.74, 6) is 1.39. The van der Waals surface area contributed by atoms with Gasteiger partial charge in [0, 0.05) is 42.4 Å². The first kappa shape index (κ1) is 17.7. The van der Waals surface area contributed by atoms with Crippen LogP contribution in [0.25, 0.3) is 11.5 Å². The molecule has 0 radical (unpaired) electrons. The van der Waals surface area contributed by atoms with Crippen LogP contribution in [0, 0.1) is 0 Å². The maximum Gasteiger partial charge on any atom is 0.247 e. The van der Waals surface area contributed by atoms with Crippen molar-refractivity contribution in [2.75, 3.05) is 13.1 Å². The van der Waals surface area contributed by atoms with Gasteiger partial charge in [-0.25, -0.2) is 0 Å². The number of amides is 1. The number of likely N-dealkylation sites (tertiary alicyclic amines) is 1. The summed E-state index contributed by atoms with van der Waals surface area (Å²) in [6.45, 7) is 1.47. The van der Waals surface area contributed by atoms with Crippen LogP contribution >= 0.6 is 11.6 Å². The molecule has 2 aromatic carbocycles. The van der Waals surface area contributed by atoms with E-state index in [1.54, 1.807) is 0 Å². The molecule has 4 rings (SSSR count). The third kappa shape index (κ3) is 4.03. The van der Waals surface area contributed by atoms with Crippen molar-refractivity contribution in [1.82, 2.24) is 15.1 Å². The lowest BCUT2D eigenvalue weighted by atomic mass is 9.98. The van der Waals surface area contributed by atoms with E-state index in [-0.39, 0.29) is 5.91 Å². The molecule has 5 nitrogen and oxygen atoms in total. The van der Waals surface area contributed by atoms with Gasteiger partial charge in [-0.3, -0.25) is 4.79 Å². The highest BCUT2D eigenvalue weighted by Crippen LogP contribution is 2.32. The predicted molar refractivity (Wildman–Crippen MR) is 103 cm³/mol. The molecule has 0 spiro atoms. The van der Waals surface area contributed by atoms with Gasteiger partial charge in [0.1, 0.15) is 0 Å². The third-order valence-corrected chi connectivity index (χ3v) is 5.27. The second-order valence-electron chi connectivity index (χ2n) is 6.71. The van der Waals surface area contributed by atoms with Crippen molar-refractivity contribution in [3.05, 3.63) is 71.1 Å². The fourth-order valence-corrected chi connectivity index (χ4v) is 3.76. The molecule has 0 N–H and O–H groups in total. The normalized spacial score (nSPS) is 16.6. The second-order valence-corrected chi connectivity index (χ2v) is 7.12. The van der Waals surface area contributed by atoms with Crippen LogP contribution in [-0.2, 0) is 11.2 Å². The van der Waals surface area contributed by atoms with Crippen molar-refractivity contribution in [3.63, 3.8) is 0 Å². The molecule has 1 saturated heterocycles. The molecule has 6 heteroatoms. The lowest BCUT2D eigenvalue weighted by molar-refractivity contribution is -0.130. The van der Waals surface area contributed by atoms with E-state index in [2.05, 4.69) is 10.2 Å². The maximum atomic E-state index is 12.6. The Kier molecular flexibility index (Phi) is 5.21. The summed E-state index contributed by atoms with van der Waals surface area (Å²) < 4.78 is 5.68. The van der Waals surface area contributed by atoms with Gasteiger partial charge in [0.2, 0.25) is 17.7 Å². The Bertz CT molecular complexity index is 926. The van der Waals surface area contributed by atoms with Gasteiger partial charge >= 0.3 is 0 Å². The first-order chi connectivity index (χ1) is 13.2. The SMILES string of the molecule is O=C(CCc1nnc(-c2ccccc2)o1)N1CCC(c2ccccc2Cl)C1. The highest BCUT2D eigenvalue weighted by Gasteiger charge is 2.28. The molecule has 1 unspecified atom stereocenters. The van der Waals surface area contributed by atoms with Crippen LogP contribution in [0.3, 0.4) is 0 Å². The largest absolute Gasteiger partial charge is 0.421 e. The van der Waals surface area contributed by atoms with E-state index < -0.39 is 0 Å². The Morgan fingerprint density at radius 3 is 2.70 bits per heavy atom. The summed E-state index contributed by atoms with van der Waals surface area (Å²) in [7, 11) is 0. The molecular weight excluding hydrogens is 362 g/mol. The van der Waals surface area contributed by atoms with Gasteiger partial charge in [-0.2, -0.15) is 0 Å². The number of benzene rings is 2. The molecule has 1 aliphatic heterocycles. The number of hydrogen-bond donors (Lipinski definition) is 0. The summed E-state index contributed by atoms with van der Waals surface area (Å²) >= 11 is 6.29. The summed E-state index contributed by atoms with van der Waals surface area (Å²) in [5.41, 5.74) is 2.00. The van der Waals surface area contributed by atoms with Gasteiger partial charge in [0.05, 0.1) is 0 Å². The lowest BCUT2D eigenvalue weighted by Gasteiger charge is -2.16. The zero-order valence-corrected chi connectivity index (χ0v) is 15.6. The van der Waals surface area contributed by atoms with Crippen LogP contribution in [0.1, 0.15) is 30.2 Å². The summed E-state index contributed by atoms with van der Waals surface area (Å²) in [6.07, 6.45) is 1.76. The smallest absolute Gasteiger partial charge is 0.247 e. The van der Waals surface area contributed by atoms with Gasteiger partial charge in [0.15, 0.2) is 0 Å². The minimum absolute atomic E-state index is 0.115. The van der Waals surface area contributed by atoms with E-state index in [0.29, 0.717) is 37.1 Å². The Labute approximate surface area is 163 Å². The molecule has 138 valence electrons. The Morgan fingerprint density at radius 2 is 1.89 bits per heavy atom. The van der Waals surface area contributed by atoms with Crippen molar-refractivity contribution in [2.24, 2.45) is 0 Å². The van der Waals surface area contributed by atoms with Crippen LogP contribution in [0.2, 0.25) is 5.02 Å². The number of aromatic nitrogens is 2.